The summed E-state index contributed by atoms with van der Waals surface area (Å²) in [5, 5.41) is 0. The fourth-order valence-electron chi connectivity index (χ4n) is 3.26. The van der Waals surface area contributed by atoms with Crippen LogP contribution < -0.4 is 0 Å². The van der Waals surface area contributed by atoms with Gasteiger partial charge in [0.05, 0.1) is 0 Å². The van der Waals surface area contributed by atoms with Crippen LogP contribution in [0.2, 0.25) is 0 Å². The van der Waals surface area contributed by atoms with Crippen molar-refractivity contribution in [3.63, 3.8) is 0 Å². The van der Waals surface area contributed by atoms with Gasteiger partial charge in [0.15, 0.2) is 5.78 Å². The molecule has 26 heavy (non-hydrogen) atoms. The molecule has 0 N–H and O–H groups in total. The van der Waals surface area contributed by atoms with E-state index >= 15 is 0 Å². The highest BCUT2D eigenvalue weighted by Crippen LogP contribution is 2.22. The number of hydrogen-bond donors (Lipinski definition) is 0. The van der Waals surface area contributed by atoms with Crippen LogP contribution in [-0.4, -0.2) is 30.3 Å². The average molecular weight is 368 g/mol. The van der Waals surface area contributed by atoms with Gasteiger partial charge in [-0.05, 0) is 43.7 Å². The molecule has 0 unspecified atom stereocenters. The van der Waals surface area contributed by atoms with E-state index < -0.39 is 0 Å². The number of likely N-dealkylation sites (N-methyl/N-ethyl adjacent to an activating group) is 1. The van der Waals surface area contributed by atoms with Crippen LogP contribution in [0.4, 0.5) is 0 Å². The van der Waals surface area contributed by atoms with Gasteiger partial charge in [0.1, 0.15) is 0 Å². The van der Waals surface area contributed by atoms with Gasteiger partial charge in [-0.25, -0.2) is 0 Å². The second-order valence-electron chi connectivity index (χ2n) is 6.80. The number of carbonyl (C=O) groups excluding carboxylic acids is 1. The topological polar surface area (TPSA) is 20.3 Å². The van der Waals surface area contributed by atoms with Crippen molar-refractivity contribution < 1.29 is 4.79 Å². The van der Waals surface area contributed by atoms with Gasteiger partial charge in [-0.1, -0.05) is 66.6 Å². The highest BCUT2D eigenvalue weighted by Gasteiger charge is 2.25. The van der Waals surface area contributed by atoms with E-state index in [1.54, 1.807) is 0 Å². The second-order valence-corrected chi connectivity index (χ2v) is 6.80. The number of halogens is 1. The van der Waals surface area contributed by atoms with Crippen LogP contribution in [0.3, 0.4) is 0 Å². The third-order valence-electron chi connectivity index (χ3n) is 4.58. The Bertz CT molecular complexity index is 783. The molecule has 1 aliphatic rings. The van der Waals surface area contributed by atoms with Crippen LogP contribution in [0, 0.1) is 13.8 Å². The highest BCUT2D eigenvalue weighted by atomic mass is 35.5. The van der Waals surface area contributed by atoms with E-state index in [9.17, 15) is 4.79 Å². The standard InChI is InChI=1S/C23H25NO.ClH/c1-4-24-15-21(13-19-9-5-7-17(2)11-19)23(25)22(16-24)14-20-10-6-8-18(3)12-20;/h5-14H,4,15-16H2,1-3H3;1H/b21-13-,22-14+;. The molecule has 0 spiro atoms. The lowest BCUT2D eigenvalue weighted by molar-refractivity contribution is -0.113. The molecule has 136 valence electrons. The first kappa shape index (κ1) is 20.2. The Hall–Kier alpha value is -2.16. The van der Waals surface area contributed by atoms with Gasteiger partial charge in [0, 0.05) is 24.2 Å². The van der Waals surface area contributed by atoms with Crippen LogP contribution >= 0.6 is 12.4 Å². The number of piperidine rings is 1. The van der Waals surface area contributed by atoms with Crippen molar-refractivity contribution in [3.05, 3.63) is 81.9 Å². The van der Waals surface area contributed by atoms with Crippen molar-refractivity contribution in [2.75, 3.05) is 19.6 Å². The van der Waals surface area contributed by atoms with Gasteiger partial charge >= 0.3 is 0 Å². The molecule has 0 aromatic heterocycles. The van der Waals surface area contributed by atoms with E-state index in [1.165, 1.54) is 11.1 Å². The maximum atomic E-state index is 13.0. The quantitative estimate of drug-likeness (QED) is 0.703. The summed E-state index contributed by atoms with van der Waals surface area (Å²) in [5.74, 6) is 0.174. The minimum Gasteiger partial charge on any atom is -0.295 e. The number of hydrogen-bond acceptors (Lipinski definition) is 2. The lowest BCUT2D eigenvalue weighted by Gasteiger charge is -2.28. The number of aryl methyl sites for hydroxylation is 2. The molecule has 1 saturated heterocycles. The molecule has 0 amide bonds. The summed E-state index contributed by atoms with van der Waals surface area (Å²) < 4.78 is 0. The third kappa shape index (κ3) is 4.94. The van der Waals surface area contributed by atoms with E-state index in [0.29, 0.717) is 13.1 Å². The monoisotopic (exact) mass is 367 g/mol. The molecule has 0 radical (unpaired) electrons. The van der Waals surface area contributed by atoms with Crippen molar-refractivity contribution in [2.45, 2.75) is 20.8 Å². The number of benzene rings is 2. The summed E-state index contributed by atoms with van der Waals surface area (Å²) >= 11 is 0. The SMILES string of the molecule is CCN1C/C(=C/c2cccc(C)c2)C(=O)/C(=C/c2cccc(C)c2)C1.Cl. The van der Waals surface area contributed by atoms with Crippen molar-refractivity contribution in [3.8, 4) is 0 Å². The molecule has 3 rings (SSSR count). The number of Topliss-reactive ketones (excluding diaryl/α,β-unsaturated/α-hetero) is 1. The van der Waals surface area contributed by atoms with Gasteiger partial charge in [-0.2, -0.15) is 0 Å². The molecule has 1 aliphatic heterocycles. The Morgan fingerprint density at radius 3 is 1.73 bits per heavy atom. The van der Waals surface area contributed by atoms with E-state index in [0.717, 1.165) is 28.8 Å². The maximum absolute atomic E-state index is 13.0. The molecule has 1 fully saturated rings. The van der Waals surface area contributed by atoms with Gasteiger partial charge in [0.25, 0.3) is 0 Å². The minimum atomic E-state index is 0. The summed E-state index contributed by atoms with van der Waals surface area (Å²) in [4.78, 5) is 15.3. The number of likely N-dealkylation sites (tertiary alicyclic amines) is 1. The molecule has 3 heteroatoms. The van der Waals surface area contributed by atoms with Gasteiger partial charge in [-0.15, -0.1) is 12.4 Å². The summed E-state index contributed by atoms with van der Waals surface area (Å²) in [6, 6.07) is 16.6. The summed E-state index contributed by atoms with van der Waals surface area (Å²) in [6.07, 6.45) is 4.09. The van der Waals surface area contributed by atoms with Crippen LogP contribution in [0.1, 0.15) is 29.2 Å². The molecule has 0 aliphatic carbocycles. The lowest BCUT2D eigenvalue weighted by Crippen LogP contribution is -2.37. The predicted molar refractivity (Wildman–Crippen MR) is 113 cm³/mol. The summed E-state index contributed by atoms with van der Waals surface area (Å²) in [6.45, 7) is 8.66. The number of ketones is 1. The van der Waals surface area contributed by atoms with Crippen LogP contribution in [0.25, 0.3) is 12.2 Å². The Morgan fingerprint density at radius 2 is 1.35 bits per heavy atom. The molecule has 2 aromatic rings. The van der Waals surface area contributed by atoms with Gasteiger partial charge < -0.3 is 0 Å². The molecule has 2 nitrogen and oxygen atoms in total. The first-order valence-electron chi connectivity index (χ1n) is 8.86. The zero-order chi connectivity index (χ0) is 17.8. The number of nitrogens with zero attached hydrogens (tertiary/aromatic N) is 1. The van der Waals surface area contributed by atoms with Crippen LogP contribution in [0.5, 0.6) is 0 Å². The Morgan fingerprint density at radius 1 is 0.885 bits per heavy atom. The van der Waals surface area contributed by atoms with E-state index in [4.69, 9.17) is 0 Å². The third-order valence-corrected chi connectivity index (χ3v) is 4.58. The normalized spacial score (nSPS) is 18.2. The number of carbonyl (C=O) groups is 1. The van der Waals surface area contributed by atoms with Crippen molar-refractivity contribution in [2.24, 2.45) is 0 Å². The minimum absolute atomic E-state index is 0. The zero-order valence-corrected chi connectivity index (χ0v) is 16.5. The fraction of sp³-hybridized carbons (Fsp3) is 0.261. The van der Waals surface area contributed by atoms with Crippen molar-refractivity contribution in [1.82, 2.24) is 4.90 Å². The van der Waals surface area contributed by atoms with Gasteiger partial charge in [0.2, 0.25) is 0 Å². The van der Waals surface area contributed by atoms with Crippen molar-refractivity contribution in [1.29, 1.82) is 0 Å². The zero-order valence-electron chi connectivity index (χ0n) is 15.7. The second kappa shape index (κ2) is 8.98. The summed E-state index contributed by atoms with van der Waals surface area (Å²) in [7, 11) is 0. The first-order valence-corrected chi connectivity index (χ1v) is 8.86. The molecule has 0 atom stereocenters. The Balaban J connectivity index is 0.00000243. The number of rotatable bonds is 3. The van der Waals surface area contributed by atoms with Crippen LogP contribution in [0.15, 0.2) is 59.7 Å². The molecule has 0 bridgehead atoms. The fourth-order valence-corrected chi connectivity index (χ4v) is 3.26. The Kier molecular flexibility index (Phi) is 6.96. The molecular weight excluding hydrogens is 342 g/mol. The van der Waals surface area contributed by atoms with E-state index in [2.05, 4.69) is 62.1 Å². The average Bonchev–Trinajstić information content (AvgIpc) is 2.58. The molecule has 1 heterocycles. The largest absolute Gasteiger partial charge is 0.295 e. The van der Waals surface area contributed by atoms with Crippen LogP contribution in [-0.2, 0) is 4.79 Å². The Labute approximate surface area is 162 Å². The maximum Gasteiger partial charge on any atom is 0.187 e. The lowest BCUT2D eigenvalue weighted by atomic mass is 9.94. The first-order chi connectivity index (χ1) is 12.0. The van der Waals surface area contributed by atoms with E-state index in [-0.39, 0.29) is 18.2 Å². The highest BCUT2D eigenvalue weighted by molar-refractivity contribution is 6.14. The smallest absolute Gasteiger partial charge is 0.187 e. The van der Waals surface area contributed by atoms with Crippen molar-refractivity contribution >= 4 is 30.3 Å². The van der Waals surface area contributed by atoms with Gasteiger partial charge in [-0.3, -0.25) is 9.69 Å². The molecular formula is C23H26ClNO. The molecule has 0 saturated carbocycles. The molecule has 2 aromatic carbocycles. The summed E-state index contributed by atoms with van der Waals surface area (Å²) in [5.41, 5.74) is 6.35. The predicted octanol–water partition coefficient (Wildman–Crippen LogP) is 5.10. The van der Waals surface area contributed by atoms with E-state index in [1.807, 2.05) is 24.3 Å².